The van der Waals surface area contributed by atoms with E-state index in [1.54, 1.807) is 18.9 Å². The number of nitrogens with one attached hydrogen (secondary N) is 1. The monoisotopic (exact) mass is 504 g/mol. The van der Waals surface area contributed by atoms with E-state index in [0.29, 0.717) is 44.2 Å². The lowest BCUT2D eigenvalue weighted by Crippen LogP contribution is -2.47. The topological polar surface area (TPSA) is 118 Å². The van der Waals surface area contributed by atoms with Gasteiger partial charge in [0.2, 0.25) is 11.8 Å². The lowest BCUT2D eigenvalue weighted by atomic mass is 9.87. The molecule has 1 aliphatic carbocycles. The van der Waals surface area contributed by atoms with Gasteiger partial charge >= 0.3 is 0 Å². The van der Waals surface area contributed by atoms with Crippen molar-refractivity contribution in [3.8, 4) is 16.9 Å². The van der Waals surface area contributed by atoms with Crippen molar-refractivity contribution in [3.63, 3.8) is 0 Å². The molecule has 9 nitrogen and oxygen atoms in total. The van der Waals surface area contributed by atoms with Gasteiger partial charge in [0.15, 0.2) is 5.82 Å². The molecule has 1 saturated carbocycles. The molecule has 0 saturated heterocycles. The minimum absolute atomic E-state index is 0.0366. The van der Waals surface area contributed by atoms with Gasteiger partial charge in [-0.05, 0) is 73.6 Å². The first-order valence-electron chi connectivity index (χ1n) is 12.5. The number of aliphatic hydroxyl groups is 1. The summed E-state index contributed by atoms with van der Waals surface area (Å²) in [4.78, 5) is 31.7. The Morgan fingerprint density at radius 3 is 2.76 bits per heavy atom. The van der Waals surface area contributed by atoms with Crippen molar-refractivity contribution < 1.29 is 24.0 Å². The molecule has 0 radical (unpaired) electrons. The van der Waals surface area contributed by atoms with E-state index in [0.717, 1.165) is 33.6 Å². The maximum Gasteiger partial charge on any atom is 0.254 e. The second-order valence-corrected chi connectivity index (χ2v) is 10.3. The standard InChI is InChI=1S/C28H32N4O5/c1-16-30-26(37-31-16)23-13-22(23)25(33)29-14-18-8-9-20(17-6-5-7-19(12-17)36-4)21-10-11-32(15-24(18)21)27(34)28(2,3)35/h5-9,12,22-23,35H,10-11,13-15H2,1-4H3,(H,29,33)/t22-,23-/m0/s1. The summed E-state index contributed by atoms with van der Waals surface area (Å²) in [6.07, 6.45) is 1.33. The van der Waals surface area contributed by atoms with Gasteiger partial charge in [-0.25, -0.2) is 0 Å². The molecule has 2 N–H and O–H groups in total. The van der Waals surface area contributed by atoms with Crippen molar-refractivity contribution in [2.24, 2.45) is 5.92 Å². The van der Waals surface area contributed by atoms with Gasteiger partial charge in [0, 0.05) is 19.6 Å². The first-order chi connectivity index (χ1) is 17.7. The van der Waals surface area contributed by atoms with Crippen LogP contribution in [0, 0.1) is 12.8 Å². The molecule has 37 heavy (non-hydrogen) atoms. The number of carbonyl (C=O) groups excluding carboxylic acids is 2. The van der Waals surface area contributed by atoms with Crippen LogP contribution in [0.5, 0.6) is 5.75 Å². The third-order valence-electron chi connectivity index (χ3n) is 7.14. The molecule has 0 bridgehead atoms. The molecule has 2 aliphatic rings. The largest absolute Gasteiger partial charge is 0.497 e. The second-order valence-electron chi connectivity index (χ2n) is 10.3. The molecule has 2 amide bonds. The number of ether oxygens (including phenoxy) is 1. The number of benzene rings is 2. The smallest absolute Gasteiger partial charge is 0.254 e. The van der Waals surface area contributed by atoms with Crippen LogP contribution in [0.4, 0.5) is 0 Å². The minimum Gasteiger partial charge on any atom is -0.497 e. The molecule has 2 heterocycles. The molecule has 1 aromatic heterocycles. The lowest BCUT2D eigenvalue weighted by Gasteiger charge is -2.35. The van der Waals surface area contributed by atoms with Crippen molar-refractivity contribution in [1.82, 2.24) is 20.4 Å². The average Bonchev–Trinajstić information content (AvgIpc) is 3.58. The first-order valence-corrected chi connectivity index (χ1v) is 12.5. The number of aromatic nitrogens is 2. The fourth-order valence-corrected chi connectivity index (χ4v) is 5.06. The summed E-state index contributed by atoms with van der Waals surface area (Å²) in [5, 5.41) is 17.2. The molecule has 1 aliphatic heterocycles. The second kappa shape index (κ2) is 9.63. The van der Waals surface area contributed by atoms with Crippen LogP contribution in [0.2, 0.25) is 0 Å². The summed E-state index contributed by atoms with van der Waals surface area (Å²) in [6, 6.07) is 12.0. The van der Waals surface area contributed by atoms with E-state index in [1.165, 1.54) is 13.8 Å². The van der Waals surface area contributed by atoms with Crippen molar-refractivity contribution >= 4 is 11.8 Å². The first kappa shape index (κ1) is 25.0. The Morgan fingerprint density at radius 1 is 1.24 bits per heavy atom. The summed E-state index contributed by atoms with van der Waals surface area (Å²) in [5.74, 6) is 1.27. The number of fused-ring (bicyclic) bond motifs is 1. The molecule has 9 heteroatoms. The number of hydrogen-bond acceptors (Lipinski definition) is 7. The van der Waals surface area contributed by atoms with Crippen LogP contribution in [0.25, 0.3) is 11.1 Å². The normalized spacial score (nSPS) is 18.8. The van der Waals surface area contributed by atoms with Gasteiger partial charge in [0.25, 0.3) is 5.91 Å². The Balaban J connectivity index is 1.40. The number of carbonyl (C=O) groups is 2. The van der Waals surface area contributed by atoms with E-state index >= 15 is 0 Å². The van der Waals surface area contributed by atoms with E-state index in [-0.39, 0.29) is 23.7 Å². The van der Waals surface area contributed by atoms with Gasteiger partial charge in [-0.3, -0.25) is 9.59 Å². The van der Waals surface area contributed by atoms with Gasteiger partial charge in [-0.2, -0.15) is 4.98 Å². The zero-order valence-electron chi connectivity index (χ0n) is 21.6. The van der Waals surface area contributed by atoms with Gasteiger partial charge in [-0.15, -0.1) is 0 Å². The van der Waals surface area contributed by atoms with Crippen LogP contribution >= 0.6 is 0 Å². The Labute approximate surface area is 215 Å². The van der Waals surface area contributed by atoms with E-state index in [2.05, 4.69) is 21.5 Å². The van der Waals surface area contributed by atoms with Crippen LogP contribution < -0.4 is 10.1 Å². The van der Waals surface area contributed by atoms with Crippen LogP contribution in [0.3, 0.4) is 0 Å². The highest BCUT2D eigenvalue weighted by Gasteiger charge is 2.47. The highest BCUT2D eigenvalue weighted by Crippen LogP contribution is 2.47. The summed E-state index contributed by atoms with van der Waals surface area (Å²) in [5.41, 5.74) is 3.76. The molecular weight excluding hydrogens is 472 g/mol. The zero-order chi connectivity index (χ0) is 26.3. The van der Waals surface area contributed by atoms with Gasteiger partial charge in [0.05, 0.1) is 18.9 Å². The van der Waals surface area contributed by atoms with Crippen LogP contribution in [0.15, 0.2) is 40.9 Å². The summed E-state index contributed by atoms with van der Waals surface area (Å²) < 4.78 is 10.7. The number of methoxy groups -OCH3 is 1. The Hall–Kier alpha value is -3.72. The van der Waals surface area contributed by atoms with E-state index in [9.17, 15) is 14.7 Å². The third-order valence-corrected chi connectivity index (χ3v) is 7.14. The molecule has 3 aromatic rings. The highest BCUT2D eigenvalue weighted by molar-refractivity contribution is 5.85. The molecule has 2 aromatic carbocycles. The maximum atomic E-state index is 12.9. The fraction of sp³-hybridized carbons (Fsp3) is 0.429. The van der Waals surface area contributed by atoms with Crippen LogP contribution in [-0.2, 0) is 29.1 Å². The van der Waals surface area contributed by atoms with Crippen molar-refractivity contribution in [3.05, 3.63) is 64.8 Å². The lowest BCUT2D eigenvalue weighted by molar-refractivity contribution is -0.148. The van der Waals surface area contributed by atoms with Crippen molar-refractivity contribution in [2.75, 3.05) is 13.7 Å². The van der Waals surface area contributed by atoms with Crippen molar-refractivity contribution in [2.45, 2.75) is 58.2 Å². The number of rotatable bonds is 7. The highest BCUT2D eigenvalue weighted by atomic mass is 16.5. The molecule has 194 valence electrons. The summed E-state index contributed by atoms with van der Waals surface area (Å²) in [7, 11) is 1.64. The Kier molecular flexibility index (Phi) is 6.49. The number of amides is 2. The fourth-order valence-electron chi connectivity index (χ4n) is 5.06. The number of hydrogen-bond donors (Lipinski definition) is 2. The van der Waals surface area contributed by atoms with Gasteiger partial charge in [-0.1, -0.05) is 29.4 Å². The zero-order valence-corrected chi connectivity index (χ0v) is 21.6. The van der Waals surface area contributed by atoms with E-state index in [4.69, 9.17) is 9.26 Å². The number of nitrogens with zero attached hydrogens (tertiary/aromatic N) is 3. The molecule has 0 unspecified atom stereocenters. The van der Waals surface area contributed by atoms with Crippen LogP contribution in [0.1, 0.15) is 54.6 Å². The SMILES string of the molecule is COc1cccc(-c2ccc(CNC(=O)[C@H]3C[C@@H]3c3nc(C)no3)c3c2CCN(C(=O)C(C)(C)O)C3)c1. The van der Waals surface area contributed by atoms with Gasteiger partial charge < -0.3 is 24.6 Å². The van der Waals surface area contributed by atoms with Crippen LogP contribution in [-0.4, -0.2) is 51.2 Å². The minimum atomic E-state index is -1.45. The molecule has 5 rings (SSSR count). The average molecular weight is 505 g/mol. The third kappa shape index (κ3) is 5.09. The summed E-state index contributed by atoms with van der Waals surface area (Å²) in [6.45, 7) is 6.00. The molecule has 1 fully saturated rings. The predicted octanol–water partition coefficient (Wildman–Crippen LogP) is 3.13. The summed E-state index contributed by atoms with van der Waals surface area (Å²) >= 11 is 0. The Bertz CT molecular complexity index is 1340. The molecule has 2 atom stereocenters. The molecule has 0 spiro atoms. The van der Waals surface area contributed by atoms with Crippen molar-refractivity contribution in [1.29, 1.82) is 0 Å². The van der Waals surface area contributed by atoms with Gasteiger partial charge in [0.1, 0.15) is 11.4 Å². The quantitative estimate of drug-likeness (QED) is 0.508. The van der Waals surface area contributed by atoms with E-state index < -0.39 is 5.60 Å². The Morgan fingerprint density at radius 2 is 2.05 bits per heavy atom. The molecular formula is C28H32N4O5. The number of aryl methyl sites for hydroxylation is 1. The predicted molar refractivity (Wildman–Crippen MR) is 136 cm³/mol. The van der Waals surface area contributed by atoms with E-state index in [1.807, 2.05) is 30.3 Å². The maximum absolute atomic E-state index is 12.9.